The summed E-state index contributed by atoms with van der Waals surface area (Å²) in [5, 5.41) is 10.6. The first-order chi connectivity index (χ1) is 9.70. The number of nitrogens with two attached hydrogens (primary N) is 1. The molecule has 20 heavy (non-hydrogen) atoms. The van der Waals surface area contributed by atoms with Crippen LogP contribution in [0.5, 0.6) is 0 Å². The molecule has 3 heterocycles. The number of nitrogen functional groups attached to an aromatic ring is 1. The van der Waals surface area contributed by atoms with Gasteiger partial charge in [0.15, 0.2) is 5.01 Å². The summed E-state index contributed by atoms with van der Waals surface area (Å²) in [5.41, 5.74) is 6.99. The maximum atomic E-state index is 12.6. The van der Waals surface area contributed by atoms with Crippen LogP contribution in [0.25, 0.3) is 21.1 Å². The van der Waals surface area contributed by atoms with Gasteiger partial charge in [-0.05, 0) is 30.5 Å². The van der Waals surface area contributed by atoms with E-state index in [1.165, 1.54) is 11.3 Å². The molecule has 5 nitrogen and oxygen atoms in total. The molecule has 2 N–H and O–H groups in total. The van der Waals surface area contributed by atoms with Crippen molar-refractivity contribution in [1.82, 2.24) is 14.8 Å². The Bertz CT molecular complexity index is 789. The molecule has 7 heteroatoms. The molecule has 0 fully saturated rings. The second kappa shape index (κ2) is 5.18. The lowest BCUT2D eigenvalue weighted by Crippen LogP contribution is -2.22. The molecule has 0 bridgehead atoms. The van der Waals surface area contributed by atoms with Crippen LogP contribution in [0.2, 0.25) is 0 Å². The topological polar surface area (TPSA) is 73.8 Å². The minimum atomic E-state index is -0.0606. The van der Waals surface area contributed by atoms with Crippen molar-refractivity contribution in [3.63, 3.8) is 0 Å². The first-order valence-corrected chi connectivity index (χ1v) is 7.77. The highest BCUT2D eigenvalue weighted by molar-refractivity contribution is 7.18. The third kappa shape index (κ3) is 2.14. The second-order valence-corrected chi connectivity index (χ2v) is 6.06. The van der Waals surface area contributed by atoms with Crippen molar-refractivity contribution in [2.45, 2.75) is 13.5 Å². The highest BCUT2D eigenvalue weighted by atomic mass is 32.1. The van der Waals surface area contributed by atoms with E-state index in [9.17, 15) is 4.79 Å². The van der Waals surface area contributed by atoms with Crippen LogP contribution in [0.4, 0.5) is 5.13 Å². The van der Waals surface area contributed by atoms with Crippen molar-refractivity contribution in [3.8, 4) is 21.1 Å². The summed E-state index contributed by atoms with van der Waals surface area (Å²) < 4.78 is 1.75. The third-order valence-electron chi connectivity index (χ3n) is 2.94. The van der Waals surface area contributed by atoms with Gasteiger partial charge in [-0.25, -0.2) is 0 Å². The molecule has 3 aromatic rings. The zero-order chi connectivity index (χ0) is 14.1. The molecule has 0 atom stereocenters. The van der Waals surface area contributed by atoms with Crippen molar-refractivity contribution in [3.05, 3.63) is 40.0 Å². The number of hydrogen-bond donors (Lipinski definition) is 1. The Hall–Kier alpha value is -1.99. The Labute approximate surface area is 123 Å². The number of aromatic nitrogens is 3. The Morgan fingerprint density at radius 1 is 1.30 bits per heavy atom. The molecular formula is C13H12N4OS2. The molecule has 0 saturated heterocycles. The molecule has 102 valence electrons. The lowest BCUT2D eigenvalue weighted by Gasteiger charge is -2.10. The van der Waals surface area contributed by atoms with Crippen LogP contribution in [0.3, 0.4) is 0 Å². The molecule has 0 aliphatic heterocycles. The number of pyridine rings is 1. The molecule has 0 unspecified atom stereocenters. The summed E-state index contributed by atoms with van der Waals surface area (Å²) in [6.45, 7) is 2.56. The molecule has 3 rings (SSSR count). The Morgan fingerprint density at radius 2 is 2.15 bits per heavy atom. The predicted octanol–water partition coefficient (Wildman–Crippen LogP) is 2.70. The van der Waals surface area contributed by atoms with Gasteiger partial charge in [0.2, 0.25) is 5.13 Å². The van der Waals surface area contributed by atoms with Gasteiger partial charge in [-0.1, -0.05) is 17.4 Å². The van der Waals surface area contributed by atoms with Crippen LogP contribution in [-0.2, 0) is 6.54 Å². The van der Waals surface area contributed by atoms with Crippen molar-refractivity contribution >= 4 is 27.8 Å². The van der Waals surface area contributed by atoms with Crippen LogP contribution in [0.15, 0.2) is 34.4 Å². The fourth-order valence-corrected chi connectivity index (χ4v) is 3.42. The maximum Gasteiger partial charge on any atom is 0.261 e. The van der Waals surface area contributed by atoms with E-state index in [0.717, 1.165) is 10.6 Å². The van der Waals surface area contributed by atoms with Gasteiger partial charge < -0.3 is 10.3 Å². The van der Waals surface area contributed by atoms with Crippen LogP contribution in [0, 0.1) is 0 Å². The van der Waals surface area contributed by atoms with E-state index in [1.54, 1.807) is 22.0 Å². The molecule has 3 aromatic heterocycles. The molecule has 0 aromatic carbocycles. The van der Waals surface area contributed by atoms with Crippen molar-refractivity contribution < 1.29 is 0 Å². The second-order valence-electron chi connectivity index (χ2n) is 4.10. The number of anilines is 1. The number of rotatable bonds is 3. The summed E-state index contributed by atoms with van der Waals surface area (Å²) in [5.74, 6) is 0. The minimum Gasteiger partial charge on any atom is -0.374 e. The summed E-state index contributed by atoms with van der Waals surface area (Å²) in [7, 11) is 0. The molecular weight excluding hydrogens is 292 g/mol. The average molecular weight is 304 g/mol. The largest absolute Gasteiger partial charge is 0.374 e. The van der Waals surface area contributed by atoms with E-state index in [1.807, 2.05) is 30.5 Å². The Kier molecular flexibility index (Phi) is 3.37. The summed E-state index contributed by atoms with van der Waals surface area (Å²) in [6.07, 6.45) is 0. The van der Waals surface area contributed by atoms with Gasteiger partial charge in [0.05, 0.1) is 16.1 Å². The smallest absolute Gasteiger partial charge is 0.261 e. The van der Waals surface area contributed by atoms with E-state index in [0.29, 0.717) is 22.2 Å². The van der Waals surface area contributed by atoms with Crippen LogP contribution >= 0.6 is 22.7 Å². The molecule has 0 spiro atoms. The summed E-state index contributed by atoms with van der Waals surface area (Å²) >= 11 is 2.84. The number of thiophene rings is 1. The van der Waals surface area contributed by atoms with Crippen LogP contribution in [0.1, 0.15) is 6.92 Å². The quantitative estimate of drug-likeness (QED) is 0.807. The highest BCUT2D eigenvalue weighted by Gasteiger charge is 2.14. The van der Waals surface area contributed by atoms with Gasteiger partial charge >= 0.3 is 0 Å². The molecule has 0 amide bonds. The number of hydrogen-bond acceptors (Lipinski definition) is 6. The molecule has 0 aliphatic carbocycles. The monoisotopic (exact) mass is 304 g/mol. The SMILES string of the molecule is CCn1c(-c2cccs2)ccc(-c2nnc(N)s2)c1=O. The predicted molar refractivity (Wildman–Crippen MR) is 83.0 cm³/mol. The zero-order valence-electron chi connectivity index (χ0n) is 10.7. The first kappa shape index (κ1) is 13.0. The van der Waals surface area contributed by atoms with E-state index in [4.69, 9.17) is 5.73 Å². The molecule has 0 radical (unpaired) electrons. The standard InChI is InChI=1S/C13H12N4OS2/c1-2-17-9(10-4-3-7-19-10)6-5-8(12(17)18)11-15-16-13(14)20-11/h3-7H,2H2,1H3,(H2,14,16). The van der Waals surface area contributed by atoms with E-state index >= 15 is 0 Å². The zero-order valence-corrected chi connectivity index (χ0v) is 12.4. The Balaban J connectivity index is 2.19. The highest BCUT2D eigenvalue weighted by Crippen LogP contribution is 2.27. The van der Waals surface area contributed by atoms with Gasteiger partial charge in [0.25, 0.3) is 5.56 Å². The van der Waals surface area contributed by atoms with E-state index in [2.05, 4.69) is 10.2 Å². The van der Waals surface area contributed by atoms with Crippen LogP contribution < -0.4 is 11.3 Å². The maximum absolute atomic E-state index is 12.6. The van der Waals surface area contributed by atoms with E-state index in [-0.39, 0.29) is 5.56 Å². The van der Waals surface area contributed by atoms with Crippen LogP contribution in [-0.4, -0.2) is 14.8 Å². The molecule has 0 aliphatic rings. The summed E-state index contributed by atoms with van der Waals surface area (Å²) in [4.78, 5) is 13.7. The van der Waals surface area contributed by atoms with E-state index < -0.39 is 0 Å². The minimum absolute atomic E-state index is 0.0606. The first-order valence-electron chi connectivity index (χ1n) is 6.07. The molecule has 0 saturated carbocycles. The Morgan fingerprint density at radius 3 is 2.75 bits per heavy atom. The summed E-state index contributed by atoms with van der Waals surface area (Å²) in [6, 6.07) is 7.73. The third-order valence-corrected chi connectivity index (χ3v) is 4.61. The van der Waals surface area contributed by atoms with Gasteiger partial charge in [-0.3, -0.25) is 4.79 Å². The lowest BCUT2D eigenvalue weighted by molar-refractivity contribution is 0.738. The normalized spacial score (nSPS) is 10.8. The van der Waals surface area contributed by atoms with Gasteiger partial charge in [0.1, 0.15) is 0 Å². The van der Waals surface area contributed by atoms with Crippen molar-refractivity contribution in [2.24, 2.45) is 0 Å². The van der Waals surface area contributed by atoms with Crippen molar-refractivity contribution in [2.75, 3.05) is 5.73 Å². The lowest BCUT2D eigenvalue weighted by atomic mass is 10.2. The fourth-order valence-electron chi connectivity index (χ4n) is 2.04. The average Bonchev–Trinajstić information content (AvgIpc) is 3.09. The fraction of sp³-hybridized carbons (Fsp3) is 0.154. The van der Waals surface area contributed by atoms with Gasteiger partial charge in [-0.2, -0.15) is 0 Å². The number of nitrogens with zero attached hydrogens (tertiary/aromatic N) is 3. The van der Waals surface area contributed by atoms with Gasteiger partial charge in [-0.15, -0.1) is 21.5 Å². The van der Waals surface area contributed by atoms with Crippen molar-refractivity contribution in [1.29, 1.82) is 0 Å². The van der Waals surface area contributed by atoms with Gasteiger partial charge in [0, 0.05) is 6.54 Å².